The Hall–Kier alpha value is -2.45. The van der Waals surface area contributed by atoms with E-state index in [1.165, 1.54) is 11.8 Å². The van der Waals surface area contributed by atoms with Gasteiger partial charge in [0, 0.05) is 6.04 Å². The molecule has 4 rings (SSSR count). The van der Waals surface area contributed by atoms with Gasteiger partial charge in [-0.1, -0.05) is 30.0 Å². The minimum atomic E-state index is -0.135. The van der Waals surface area contributed by atoms with Gasteiger partial charge in [0.2, 0.25) is 5.89 Å². The summed E-state index contributed by atoms with van der Waals surface area (Å²) < 4.78 is 7.55. The molecule has 8 heteroatoms. The molecule has 1 unspecified atom stereocenters. The highest BCUT2D eigenvalue weighted by Gasteiger charge is 2.21. The largest absolute Gasteiger partial charge is 0.419 e. The monoisotopic (exact) mass is 398 g/mol. The van der Waals surface area contributed by atoms with Gasteiger partial charge in [0.05, 0.1) is 21.0 Å². The molecule has 0 saturated heterocycles. The zero-order valence-electron chi connectivity index (χ0n) is 15.1. The Kier molecular flexibility index (Phi) is 4.84. The maximum atomic E-state index is 12.9. The van der Waals surface area contributed by atoms with Gasteiger partial charge in [0.25, 0.3) is 11.4 Å². The molecule has 1 aromatic carbocycles. The van der Waals surface area contributed by atoms with Crippen molar-refractivity contribution in [1.82, 2.24) is 19.7 Å². The van der Waals surface area contributed by atoms with Crippen LogP contribution in [0, 0.1) is 0 Å². The fraction of sp³-hybridized carbons (Fsp3) is 0.263. The van der Waals surface area contributed by atoms with Gasteiger partial charge in [0.15, 0.2) is 5.16 Å². The molecular formula is C19H18N4O2S2. The van der Waals surface area contributed by atoms with Crippen molar-refractivity contribution < 1.29 is 4.42 Å². The minimum Gasteiger partial charge on any atom is -0.419 e. The second-order valence-electron chi connectivity index (χ2n) is 6.36. The van der Waals surface area contributed by atoms with E-state index >= 15 is 0 Å². The van der Waals surface area contributed by atoms with Crippen molar-refractivity contribution in [1.29, 1.82) is 0 Å². The predicted molar refractivity (Wildman–Crippen MR) is 108 cm³/mol. The van der Waals surface area contributed by atoms with Crippen molar-refractivity contribution in [2.75, 3.05) is 0 Å². The number of fused-ring (bicyclic) bond motifs is 1. The van der Waals surface area contributed by atoms with Crippen molar-refractivity contribution in [2.45, 2.75) is 37.2 Å². The molecule has 0 bridgehead atoms. The molecule has 0 amide bonds. The Labute approximate surface area is 164 Å². The van der Waals surface area contributed by atoms with E-state index in [1.54, 1.807) is 15.9 Å². The molecule has 138 valence electrons. The minimum absolute atomic E-state index is 0.00586. The van der Waals surface area contributed by atoms with Crippen LogP contribution in [0.5, 0.6) is 0 Å². The number of nitrogens with zero attached hydrogens (tertiary/aromatic N) is 4. The number of thioether (sulfide) groups is 1. The second kappa shape index (κ2) is 7.28. The van der Waals surface area contributed by atoms with Crippen molar-refractivity contribution in [3.05, 3.63) is 58.0 Å². The molecule has 0 aliphatic rings. The fourth-order valence-electron chi connectivity index (χ4n) is 2.77. The Morgan fingerprint density at radius 3 is 2.67 bits per heavy atom. The predicted octanol–water partition coefficient (Wildman–Crippen LogP) is 4.94. The van der Waals surface area contributed by atoms with Crippen LogP contribution < -0.4 is 5.56 Å². The molecule has 0 aliphatic carbocycles. The molecular weight excluding hydrogens is 380 g/mol. The van der Waals surface area contributed by atoms with E-state index in [9.17, 15) is 4.79 Å². The summed E-state index contributed by atoms with van der Waals surface area (Å²) in [5.74, 6) is 1.03. The molecule has 0 radical (unpaired) electrons. The molecule has 0 N–H and O–H groups in total. The fourth-order valence-corrected chi connectivity index (χ4v) is 4.49. The van der Waals surface area contributed by atoms with Gasteiger partial charge in [-0.15, -0.1) is 21.5 Å². The summed E-state index contributed by atoms with van der Waals surface area (Å²) in [5, 5.41) is 11.4. The van der Waals surface area contributed by atoms with Crippen molar-refractivity contribution >= 4 is 34.0 Å². The molecule has 27 heavy (non-hydrogen) atoms. The molecule has 0 spiro atoms. The normalized spacial score (nSPS) is 12.7. The highest BCUT2D eigenvalue weighted by atomic mass is 32.2. The summed E-state index contributed by atoms with van der Waals surface area (Å²) in [4.78, 5) is 18.6. The molecule has 3 aromatic heterocycles. The van der Waals surface area contributed by atoms with Gasteiger partial charge in [-0.3, -0.25) is 9.36 Å². The average Bonchev–Trinajstić information content (AvgIpc) is 3.33. The van der Waals surface area contributed by atoms with Crippen molar-refractivity contribution in [2.24, 2.45) is 0 Å². The highest BCUT2D eigenvalue weighted by molar-refractivity contribution is 7.99. The first-order valence-corrected chi connectivity index (χ1v) is 10.4. The first-order chi connectivity index (χ1) is 13.0. The average molecular weight is 399 g/mol. The molecule has 0 aliphatic heterocycles. The first-order valence-electron chi connectivity index (χ1n) is 8.60. The van der Waals surface area contributed by atoms with E-state index < -0.39 is 0 Å². The number of benzene rings is 1. The van der Waals surface area contributed by atoms with Crippen LogP contribution in [0.4, 0.5) is 0 Å². The van der Waals surface area contributed by atoms with E-state index in [2.05, 4.69) is 10.2 Å². The summed E-state index contributed by atoms with van der Waals surface area (Å²) in [6.45, 7) is 5.94. The van der Waals surface area contributed by atoms with Crippen LogP contribution in [-0.2, 0) is 0 Å². The zero-order chi connectivity index (χ0) is 19.0. The standard InChI is InChI=1S/C19H18N4O2S2/c1-11(2)23-18(24)13-7-4-5-8-14(13)20-19(23)27-12(3)16-21-22-17(25-16)15-9-6-10-26-15/h4-12H,1-3H3. The Morgan fingerprint density at radius 2 is 1.93 bits per heavy atom. The summed E-state index contributed by atoms with van der Waals surface area (Å²) >= 11 is 3.00. The van der Waals surface area contributed by atoms with E-state index in [-0.39, 0.29) is 16.9 Å². The number of rotatable bonds is 5. The van der Waals surface area contributed by atoms with E-state index in [0.29, 0.717) is 27.8 Å². The van der Waals surface area contributed by atoms with E-state index in [4.69, 9.17) is 9.40 Å². The third kappa shape index (κ3) is 3.42. The number of hydrogen-bond donors (Lipinski definition) is 0. The van der Waals surface area contributed by atoms with Crippen molar-refractivity contribution in [3.8, 4) is 10.8 Å². The van der Waals surface area contributed by atoms with Crippen LogP contribution in [-0.4, -0.2) is 19.7 Å². The van der Waals surface area contributed by atoms with Crippen molar-refractivity contribution in [3.63, 3.8) is 0 Å². The van der Waals surface area contributed by atoms with Gasteiger partial charge in [-0.05, 0) is 44.4 Å². The molecule has 4 aromatic rings. The highest BCUT2D eigenvalue weighted by Crippen LogP contribution is 2.35. The van der Waals surface area contributed by atoms with Crippen LogP contribution in [0.1, 0.15) is 38.0 Å². The molecule has 1 atom stereocenters. The van der Waals surface area contributed by atoms with Gasteiger partial charge in [0.1, 0.15) is 0 Å². The van der Waals surface area contributed by atoms with Crippen LogP contribution in [0.3, 0.4) is 0 Å². The lowest BCUT2D eigenvalue weighted by molar-refractivity contribution is 0.503. The first kappa shape index (κ1) is 17.9. The third-order valence-corrected chi connectivity index (χ3v) is 6.01. The summed E-state index contributed by atoms with van der Waals surface area (Å²) in [6, 6.07) is 11.3. The second-order valence-corrected chi connectivity index (χ2v) is 8.62. The molecule has 3 heterocycles. The van der Waals surface area contributed by atoms with Crippen LogP contribution in [0.25, 0.3) is 21.7 Å². The van der Waals surface area contributed by atoms with Crippen LogP contribution in [0.15, 0.2) is 56.1 Å². The summed E-state index contributed by atoms with van der Waals surface area (Å²) in [7, 11) is 0. The zero-order valence-corrected chi connectivity index (χ0v) is 16.8. The quantitative estimate of drug-likeness (QED) is 0.350. The Balaban J connectivity index is 1.70. The smallest absolute Gasteiger partial charge is 0.262 e. The van der Waals surface area contributed by atoms with E-state index in [0.717, 1.165) is 4.88 Å². The number of hydrogen-bond acceptors (Lipinski definition) is 7. The SMILES string of the molecule is CC(Sc1nc2ccccc2c(=O)n1C(C)C)c1nnc(-c2cccs2)o1. The topological polar surface area (TPSA) is 73.8 Å². The number of para-hydroxylation sites is 1. The van der Waals surface area contributed by atoms with Gasteiger partial charge in [-0.2, -0.15) is 0 Å². The Bertz CT molecular complexity index is 1130. The lowest BCUT2D eigenvalue weighted by Crippen LogP contribution is -2.25. The Morgan fingerprint density at radius 1 is 1.11 bits per heavy atom. The molecule has 0 fully saturated rings. The maximum Gasteiger partial charge on any atom is 0.262 e. The summed E-state index contributed by atoms with van der Waals surface area (Å²) in [5.41, 5.74) is 0.661. The van der Waals surface area contributed by atoms with Gasteiger partial charge >= 0.3 is 0 Å². The van der Waals surface area contributed by atoms with Crippen LogP contribution in [0.2, 0.25) is 0 Å². The van der Waals surface area contributed by atoms with Gasteiger partial charge in [-0.25, -0.2) is 4.98 Å². The van der Waals surface area contributed by atoms with Gasteiger partial charge < -0.3 is 4.42 Å². The third-order valence-electron chi connectivity index (χ3n) is 4.09. The molecule has 6 nitrogen and oxygen atoms in total. The lowest BCUT2D eigenvalue weighted by Gasteiger charge is -2.17. The van der Waals surface area contributed by atoms with Crippen LogP contribution >= 0.6 is 23.1 Å². The maximum absolute atomic E-state index is 12.9. The molecule has 0 saturated carbocycles. The number of aromatic nitrogens is 4. The number of thiophene rings is 1. The summed E-state index contributed by atoms with van der Waals surface area (Å²) in [6.07, 6.45) is 0. The lowest BCUT2D eigenvalue weighted by atomic mass is 10.2. The van der Waals surface area contributed by atoms with E-state index in [1.807, 2.05) is 62.5 Å².